The van der Waals surface area contributed by atoms with E-state index in [4.69, 9.17) is 11.6 Å². The Morgan fingerprint density at radius 1 is 1.27 bits per heavy atom. The first-order chi connectivity index (χ1) is 10.6. The van der Waals surface area contributed by atoms with Crippen molar-refractivity contribution in [3.63, 3.8) is 0 Å². The van der Waals surface area contributed by atoms with Gasteiger partial charge in [-0.25, -0.2) is 0 Å². The largest absolute Gasteiger partial charge is 0.324 e. The average molecular weight is 335 g/mol. The predicted molar refractivity (Wildman–Crippen MR) is 88.6 cm³/mol. The van der Waals surface area contributed by atoms with Gasteiger partial charge in [0.15, 0.2) is 0 Å². The van der Waals surface area contributed by atoms with Crippen molar-refractivity contribution < 1.29 is 9.59 Å². The van der Waals surface area contributed by atoms with Crippen molar-refractivity contribution in [2.24, 2.45) is 0 Å². The molecule has 3 rings (SSSR count). The van der Waals surface area contributed by atoms with Crippen LogP contribution >= 0.6 is 22.9 Å². The van der Waals surface area contributed by atoms with Crippen molar-refractivity contribution in [1.82, 2.24) is 4.90 Å². The second-order valence-electron chi connectivity index (χ2n) is 5.24. The Bertz CT molecular complexity index is 685. The van der Waals surface area contributed by atoms with Crippen LogP contribution in [-0.2, 0) is 4.79 Å². The SMILES string of the molecule is CC1CN(c2ccc(Cl)cc2)C(=O)CN1C(=O)c1cccs1. The minimum atomic E-state index is -0.0784. The summed E-state index contributed by atoms with van der Waals surface area (Å²) in [5, 5.41) is 2.50. The van der Waals surface area contributed by atoms with E-state index in [1.54, 1.807) is 28.0 Å². The molecule has 1 aromatic heterocycles. The molecule has 0 bridgehead atoms. The molecule has 0 radical (unpaired) electrons. The lowest BCUT2D eigenvalue weighted by atomic mass is 10.1. The number of carbonyl (C=O) groups is 2. The first kappa shape index (κ1) is 15.1. The fourth-order valence-electron chi connectivity index (χ4n) is 2.54. The molecule has 4 nitrogen and oxygen atoms in total. The molecule has 1 aromatic carbocycles. The van der Waals surface area contributed by atoms with Crippen molar-refractivity contribution in [2.45, 2.75) is 13.0 Å². The number of thiophene rings is 1. The van der Waals surface area contributed by atoms with Gasteiger partial charge in [-0.3, -0.25) is 9.59 Å². The molecule has 2 aromatic rings. The Morgan fingerprint density at radius 3 is 2.64 bits per heavy atom. The number of amides is 2. The van der Waals surface area contributed by atoms with Crippen LogP contribution in [0.5, 0.6) is 0 Å². The molecule has 0 aliphatic carbocycles. The number of benzene rings is 1. The zero-order chi connectivity index (χ0) is 15.7. The van der Waals surface area contributed by atoms with E-state index >= 15 is 0 Å². The monoisotopic (exact) mass is 334 g/mol. The smallest absolute Gasteiger partial charge is 0.264 e. The lowest BCUT2D eigenvalue weighted by Crippen LogP contribution is -2.57. The van der Waals surface area contributed by atoms with Gasteiger partial charge >= 0.3 is 0 Å². The van der Waals surface area contributed by atoms with Gasteiger partial charge in [0.25, 0.3) is 5.91 Å². The third-order valence-corrected chi connectivity index (χ3v) is 4.83. The molecule has 1 aliphatic rings. The Labute approximate surface area is 137 Å². The molecule has 1 fully saturated rings. The molecule has 114 valence electrons. The summed E-state index contributed by atoms with van der Waals surface area (Å²) >= 11 is 7.28. The topological polar surface area (TPSA) is 40.6 Å². The minimum absolute atomic E-state index is 0.0389. The van der Waals surface area contributed by atoms with Crippen molar-refractivity contribution in [3.8, 4) is 0 Å². The molecule has 2 heterocycles. The van der Waals surface area contributed by atoms with Crippen LogP contribution in [0, 0.1) is 0 Å². The highest BCUT2D eigenvalue weighted by Crippen LogP contribution is 2.24. The van der Waals surface area contributed by atoms with Crippen LogP contribution in [0.4, 0.5) is 5.69 Å². The van der Waals surface area contributed by atoms with Crippen LogP contribution in [0.2, 0.25) is 5.02 Å². The van der Waals surface area contributed by atoms with Crippen LogP contribution in [-0.4, -0.2) is 35.8 Å². The summed E-state index contributed by atoms with van der Waals surface area (Å²) in [4.78, 5) is 28.9. The minimum Gasteiger partial charge on any atom is -0.324 e. The molecule has 0 N–H and O–H groups in total. The maximum atomic E-state index is 12.5. The van der Waals surface area contributed by atoms with Gasteiger partial charge in [-0.1, -0.05) is 17.7 Å². The third-order valence-electron chi connectivity index (χ3n) is 3.72. The predicted octanol–water partition coefficient (Wildman–Crippen LogP) is 3.28. The quantitative estimate of drug-likeness (QED) is 0.845. The maximum Gasteiger partial charge on any atom is 0.264 e. The highest BCUT2D eigenvalue weighted by atomic mass is 35.5. The van der Waals surface area contributed by atoms with Gasteiger partial charge in [-0.15, -0.1) is 11.3 Å². The molecule has 1 aliphatic heterocycles. The summed E-state index contributed by atoms with van der Waals surface area (Å²) in [6.45, 7) is 2.54. The summed E-state index contributed by atoms with van der Waals surface area (Å²) in [6, 6.07) is 10.8. The molecular weight excluding hydrogens is 320 g/mol. The van der Waals surface area contributed by atoms with Gasteiger partial charge in [0, 0.05) is 23.3 Å². The van der Waals surface area contributed by atoms with E-state index in [9.17, 15) is 9.59 Å². The summed E-state index contributed by atoms with van der Waals surface area (Å²) < 4.78 is 0. The molecule has 1 unspecified atom stereocenters. The van der Waals surface area contributed by atoms with E-state index in [-0.39, 0.29) is 24.4 Å². The number of anilines is 1. The highest BCUT2D eigenvalue weighted by molar-refractivity contribution is 7.12. The number of halogens is 1. The summed E-state index contributed by atoms with van der Waals surface area (Å²) in [6.07, 6.45) is 0. The van der Waals surface area contributed by atoms with E-state index in [0.717, 1.165) is 5.69 Å². The lowest BCUT2D eigenvalue weighted by molar-refractivity contribution is -0.121. The Balaban J connectivity index is 1.78. The van der Waals surface area contributed by atoms with Gasteiger partial charge in [0.2, 0.25) is 5.91 Å². The normalized spacial score (nSPS) is 18.6. The number of hydrogen-bond acceptors (Lipinski definition) is 3. The summed E-state index contributed by atoms with van der Waals surface area (Å²) in [5.41, 5.74) is 0.810. The van der Waals surface area contributed by atoms with Crippen LogP contribution in [0.25, 0.3) is 0 Å². The zero-order valence-corrected chi connectivity index (χ0v) is 13.6. The molecule has 1 saturated heterocycles. The molecule has 6 heteroatoms. The zero-order valence-electron chi connectivity index (χ0n) is 12.0. The molecule has 1 atom stereocenters. The first-order valence-electron chi connectivity index (χ1n) is 6.96. The Hall–Kier alpha value is -1.85. The Morgan fingerprint density at radius 2 is 2.00 bits per heavy atom. The van der Waals surface area contributed by atoms with E-state index in [2.05, 4.69) is 0 Å². The van der Waals surface area contributed by atoms with Crippen LogP contribution in [0.1, 0.15) is 16.6 Å². The number of hydrogen-bond donors (Lipinski definition) is 0. The number of carbonyl (C=O) groups excluding carboxylic acids is 2. The first-order valence-corrected chi connectivity index (χ1v) is 8.22. The molecule has 0 saturated carbocycles. The maximum absolute atomic E-state index is 12.5. The fraction of sp³-hybridized carbons (Fsp3) is 0.250. The van der Waals surface area contributed by atoms with Gasteiger partial charge in [-0.2, -0.15) is 0 Å². The Kier molecular flexibility index (Phi) is 4.18. The van der Waals surface area contributed by atoms with Crippen LogP contribution in [0.15, 0.2) is 41.8 Å². The van der Waals surface area contributed by atoms with Gasteiger partial charge in [0.05, 0.1) is 4.88 Å². The second kappa shape index (κ2) is 6.10. The van der Waals surface area contributed by atoms with Gasteiger partial charge in [-0.05, 0) is 42.6 Å². The van der Waals surface area contributed by atoms with Crippen molar-refractivity contribution in [2.75, 3.05) is 18.0 Å². The van der Waals surface area contributed by atoms with Gasteiger partial charge < -0.3 is 9.80 Å². The summed E-state index contributed by atoms with van der Waals surface area (Å²) in [7, 11) is 0. The second-order valence-corrected chi connectivity index (χ2v) is 6.62. The van der Waals surface area contributed by atoms with Crippen molar-refractivity contribution in [1.29, 1.82) is 0 Å². The molecular formula is C16H15ClN2O2S. The van der Waals surface area contributed by atoms with Crippen molar-refractivity contribution >= 4 is 40.4 Å². The molecule has 0 spiro atoms. The van der Waals surface area contributed by atoms with Gasteiger partial charge in [0.1, 0.15) is 6.54 Å². The summed E-state index contributed by atoms with van der Waals surface area (Å²) in [5.74, 6) is -0.156. The number of nitrogens with zero attached hydrogens (tertiary/aromatic N) is 2. The van der Waals surface area contributed by atoms with Crippen LogP contribution in [0.3, 0.4) is 0 Å². The van der Waals surface area contributed by atoms with E-state index < -0.39 is 0 Å². The number of rotatable bonds is 2. The molecule has 22 heavy (non-hydrogen) atoms. The molecule has 2 amide bonds. The van der Waals surface area contributed by atoms with Crippen LogP contribution < -0.4 is 4.90 Å². The average Bonchev–Trinajstić information content (AvgIpc) is 3.04. The fourth-order valence-corrected chi connectivity index (χ4v) is 3.34. The van der Waals surface area contributed by atoms with E-state index in [0.29, 0.717) is 16.4 Å². The lowest BCUT2D eigenvalue weighted by Gasteiger charge is -2.39. The standard InChI is InChI=1S/C16H15ClN2O2S/c1-11-9-19(13-6-4-12(17)5-7-13)15(20)10-18(11)16(21)14-3-2-8-22-14/h2-8,11H,9-10H2,1H3. The highest BCUT2D eigenvalue weighted by Gasteiger charge is 2.33. The van der Waals surface area contributed by atoms with E-state index in [1.165, 1.54) is 11.3 Å². The number of piperazine rings is 1. The third kappa shape index (κ3) is 2.87. The van der Waals surface area contributed by atoms with Crippen molar-refractivity contribution in [3.05, 3.63) is 51.7 Å². The van der Waals surface area contributed by atoms with E-state index in [1.807, 2.05) is 30.5 Å².